The zero-order chi connectivity index (χ0) is 15.5. The predicted molar refractivity (Wildman–Crippen MR) is 76.7 cm³/mol. The highest BCUT2D eigenvalue weighted by Crippen LogP contribution is 2.46. The van der Waals surface area contributed by atoms with E-state index in [0.29, 0.717) is 5.56 Å². The summed E-state index contributed by atoms with van der Waals surface area (Å²) in [6.07, 6.45) is -0.487. The molecule has 1 aromatic carbocycles. The van der Waals surface area contributed by atoms with Gasteiger partial charge in [0, 0.05) is 6.08 Å². The quantitative estimate of drug-likeness (QED) is 0.779. The number of hydrogen-bond donors (Lipinski definition) is 1. The van der Waals surface area contributed by atoms with E-state index in [9.17, 15) is 18.3 Å². The van der Waals surface area contributed by atoms with Crippen molar-refractivity contribution in [3.8, 4) is 0 Å². The van der Waals surface area contributed by atoms with Gasteiger partial charge in [0.2, 0.25) is 0 Å². The first-order valence-corrected chi connectivity index (χ1v) is 7.44. The summed E-state index contributed by atoms with van der Waals surface area (Å²) < 4.78 is 38.5. The van der Waals surface area contributed by atoms with Gasteiger partial charge in [-0.15, -0.1) is 0 Å². The Hall–Kier alpha value is -1.29. The maximum atomic E-state index is 12.8. The van der Waals surface area contributed by atoms with Crippen molar-refractivity contribution in [1.82, 2.24) is 0 Å². The second-order valence-electron chi connectivity index (χ2n) is 5.68. The molecule has 0 radical (unpaired) electrons. The second-order valence-corrected chi connectivity index (χ2v) is 5.68. The molecule has 1 aliphatic rings. The molecule has 116 valence electrons. The molecule has 1 aromatic rings. The summed E-state index contributed by atoms with van der Waals surface area (Å²) in [5, 5.41) is 11.2. The van der Waals surface area contributed by atoms with Gasteiger partial charge < -0.3 is 5.11 Å². The van der Waals surface area contributed by atoms with E-state index in [4.69, 9.17) is 0 Å². The number of benzene rings is 1. The van der Waals surface area contributed by atoms with E-state index in [1.807, 2.05) is 0 Å². The van der Waals surface area contributed by atoms with Crippen LogP contribution in [0.5, 0.6) is 0 Å². The van der Waals surface area contributed by atoms with Gasteiger partial charge in [0.1, 0.15) is 5.60 Å². The molecule has 4 heteroatoms. The van der Waals surface area contributed by atoms with Crippen molar-refractivity contribution in [2.75, 3.05) is 0 Å². The third-order valence-corrected chi connectivity index (χ3v) is 4.37. The molecule has 0 bridgehead atoms. The minimum Gasteiger partial charge on any atom is -0.380 e. The molecule has 0 spiro atoms. The highest BCUT2D eigenvalue weighted by Gasteiger charge is 2.43. The Balaban J connectivity index is 2.52. The highest BCUT2D eigenvalue weighted by molar-refractivity contribution is 5.35. The SMILES string of the molecule is CC/C(=C\C(F)(F)F)C(O)(c1ccccc1)C1CCCC1. The van der Waals surface area contributed by atoms with Crippen LogP contribution in [0, 0.1) is 5.92 Å². The Bertz CT molecular complexity index is 487. The maximum absolute atomic E-state index is 12.8. The van der Waals surface area contributed by atoms with Gasteiger partial charge in [-0.25, -0.2) is 0 Å². The Morgan fingerprint density at radius 3 is 2.24 bits per heavy atom. The van der Waals surface area contributed by atoms with Crippen LogP contribution in [0.1, 0.15) is 44.6 Å². The fourth-order valence-electron chi connectivity index (χ4n) is 3.40. The van der Waals surface area contributed by atoms with Gasteiger partial charge in [-0.2, -0.15) is 13.2 Å². The fourth-order valence-corrected chi connectivity index (χ4v) is 3.40. The van der Waals surface area contributed by atoms with Gasteiger partial charge >= 0.3 is 6.18 Å². The summed E-state index contributed by atoms with van der Waals surface area (Å²) in [6.45, 7) is 1.67. The summed E-state index contributed by atoms with van der Waals surface area (Å²) in [5.41, 5.74) is -0.885. The van der Waals surface area contributed by atoms with Crippen LogP contribution in [0.4, 0.5) is 13.2 Å². The van der Waals surface area contributed by atoms with Gasteiger partial charge in [0.05, 0.1) is 0 Å². The van der Waals surface area contributed by atoms with E-state index < -0.39 is 11.8 Å². The minimum absolute atomic E-state index is 0.0631. The molecule has 1 N–H and O–H groups in total. The first-order chi connectivity index (χ1) is 9.88. The predicted octanol–water partition coefficient (Wildman–Crippen LogP) is 4.96. The maximum Gasteiger partial charge on any atom is 0.409 e. The topological polar surface area (TPSA) is 20.2 Å². The number of halogens is 3. The normalized spacial score (nSPS) is 20.5. The lowest BCUT2D eigenvalue weighted by atomic mass is 9.73. The van der Waals surface area contributed by atoms with Crippen LogP contribution in [0.3, 0.4) is 0 Å². The van der Waals surface area contributed by atoms with Gasteiger partial charge in [-0.1, -0.05) is 50.1 Å². The molecule has 1 nitrogen and oxygen atoms in total. The molecule has 0 saturated heterocycles. The number of allylic oxidation sites excluding steroid dienone is 1. The second kappa shape index (κ2) is 6.22. The fraction of sp³-hybridized carbons (Fsp3) is 0.529. The van der Waals surface area contributed by atoms with E-state index >= 15 is 0 Å². The molecule has 1 aliphatic carbocycles. The molecule has 21 heavy (non-hydrogen) atoms. The van der Waals surface area contributed by atoms with Crippen LogP contribution in [-0.4, -0.2) is 11.3 Å². The van der Waals surface area contributed by atoms with E-state index in [1.165, 1.54) is 0 Å². The Kier molecular flexibility index (Phi) is 4.77. The summed E-state index contributed by atoms with van der Waals surface area (Å²) >= 11 is 0. The number of rotatable bonds is 4. The van der Waals surface area contributed by atoms with Gasteiger partial charge in [0.25, 0.3) is 0 Å². The Labute approximate surface area is 123 Å². The van der Waals surface area contributed by atoms with Crippen molar-refractivity contribution in [2.45, 2.75) is 50.8 Å². The summed E-state index contributed by atoms with van der Waals surface area (Å²) in [4.78, 5) is 0. The Morgan fingerprint density at radius 2 is 1.76 bits per heavy atom. The molecular formula is C17H21F3O. The first-order valence-electron chi connectivity index (χ1n) is 7.44. The van der Waals surface area contributed by atoms with E-state index in [2.05, 4.69) is 0 Å². The molecule has 0 aromatic heterocycles. The smallest absolute Gasteiger partial charge is 0.380 e. The van der Waals surface area contributed by atoms with Gasteiger partial charge in [0.15, 0.2) is 0 Å². The zero-order valence-corrected chi connectivity index (χ0v) is 12.2. The van der Waals surface area contributed by atoms with Crippen LogP contribution in [0.15, 0.2) is 42.0 Å². The van der Waals surface area contributed by atoms with Crippen molar-refractivity contribution in [3.05, 3.63) is 47.5 Å². The molecule has 1 atom stereocenters. The van der Waals surface area contributed by atoms with Crippen LogP contribution >= 0.6 is 0 Å². The third-order valence-electron chi connectivity index (χ3n) is 4.37. The molecule has 0 amide bonds. The average Bonchev–Trinajstić information content (AvgIpc) is 2.98. The first kappa shape index (κ1) is 16.1. The lowest BCUT2D eigenvalue weighted by molar-refractivity contribution is -0.0844. The molecule has 0 heterocycles. The van der Waals surface area contributed by atoms with Crippen molar-refractivity contribution in [3.63, 3.8) is 0 Å². The zero-order valence-electron chi connectivity index (χ0n) is 12.2. The van der Waals surface area contributed by atoms with Crippen LogP contribution in [-0.2, 0) is 5.60 Å². The van der Waals surface area contributed by atoms with Crippen molar-refractivity contribution < 1.29 is 18.3 Å². The molecule has 2 rings (SSSR count). The third kappa shape index (κ3) is 3.49. The highest BCUT2D eigenvalue weighted by atomic mass is 19.4. The number of aliphatic hydroxyl groups is 1. The summed E-state index contributed by atoms with van der Waals surface area (Å²) in [6, 6.07) is 8.76. The van der Waals surface area contributed by atoms with E-state index in [0.717, 1.165) is 25.7 Å². The van der Waals surface area contributed by atoms with E-state index in [-0.39, 0.29) is 24.0 Å². The largest absolute Gasteiger partial charge is 0.409 e. The monoisotopic (exact) mass is 298 g/mol. The van der Waals surface area contributed by atoms with Crippen molar-refractivity contribution in [1.29, 1.82) is 0 Å². The van der Waals surface area contributed by atoms with Crippen molar-refractivity contribution in [2.24, 2.45) is 5.92 Å². The molecule has 1 fully saturated rings. The van der Waals surface area contributed by atoms with Gasteiger partial charge in [-0.05, 0) is 36.3 Å². The average molecular weight is 298 g/mol. The standard InChI is InChI=1S/C17H21F3O/c1-2-13(12-16(18,19)20)17(21,15-10-6-7-11-15)14-8-4-3-5-9-14/h3-5,8-9,12,15,21H,2,6-7,10-11H2,1H3/b13-12+. The molecular weight excluding hydrogens is 277 g/mol. The minimum atomic E-state index is -4.41. The van der Waals surface area contributed by atoms with Crippen LogP contribution < -0.4 is 0 Å². The van der Waals surface area contributed by atoms with Gasteiger partial charge in [-0.3, -0.25) is 0 Å². The lowest BCUT2D eigenvalue weighted by Crippen LogP contribution is -2.36. The summed E-state index contributed by atoms with van der Waals surface area (Å²) in [7, 11) is 0. The number of hydrogen-bond acceptors (Lipinski definition) is 1. The van der Waals surface area contributed by atoms with Crippen molar-refractivity contribution >= 4 is 0 Å². The van der Waals surface area contributed by atoms with Crippen LogP contribution in [0.2, 0.25) is 0 Å². The Morgan fingerprint density at radius 1 is 1.19 bits per heavy atom. The molecule has 1 unspecified atom stereocenters. The lowest BCUT2D eigenvalue weighted by Gasteiger charge is -2.37. The molecule has 1 saturated carbocycles. The van der Waals surface area contributed by atoms with Crippen LogP contribution in [0.25, 0.3) is 0 Å². The number of alkyl halides is 3. The summed E-state index contributed by atoms with van der Waals surface area (Å²) in [5.74, 6) is -0.145. The molecule has 0 aliphatic heterocycles. The van der Waals surface area contributed by atoms with E-state index in [1.54, 1.807) is 37.3 Å².